The van der Waals surface area contributed by atoms with Gasteiger partial charge in [0.2, 0.25) is 5.91 Å². The van der Waals surface area contributed by atoms with Crippen LogP contribution in [0.25, 0.3) is 0 Å². The molecule has 6 nitrogen and oxygen atoms in total. The van der Waals surface area contributed by atoms with E-state index in [0.717, 1.165) is 25.7 Å². The number of anilines is 1. The first kappa shape index (κ1) is 17.6. The second-order valence-corrected chi connectivity index (χ2v) is 6.50. The molecule has 1 saturated carbocycles. The maximum absolute atomic E-state index is 12.2. The number of rotatable bonds is 5. The number of urea groups is 1. The predicted octanol–water partition coefficient (Wildman–Crippen LogP) is 2.60. The van der Waals surface area contributed by atoms with E-state index in [1.54, 1.807) is 13.1 Å². The number of primary amides is 1. The highest BCUT2D eigenvalue weighted by molar-refractivity contribution is 6.34. The van der Waals surface area contributed by atoms with Crippen molar-refractivity contribution in [1.29, 1.82) is 0 Å². The Morgan fingerprint density at radius 2 is 2.04 bits per heavy atom. The molecule has 0 atom stereocenters. The Morgan fingerprint density at radius 1 is 1.39 bits per heavy atom. The summed E-state index contributed by atoms with van der Waals surface area (Å²) in [5, 5.41) is 13.2. The Hall–Kier alpha value is -1.79. The number of aliphatic hydroxyl groups is 1. The van der Waals surface area contributed by atoms with Gasteiger partial charge in [-0.3, -0.25) is 4.79 Å². The van der Waals surface area contributed by atoms with E-state index < -0.39 is 11.5 Å². The van der Waals surface area contributed by atoms with E-state index in [4.69, 9.17) is 17.3 Å². The number of nitrogens with zero attached hydrogens (tertiary/aromatic N) is 1. The van der Waals surface area contributed by atoms with Crippen LogP contribution < -0.4 is 11.1 Å². The molecule has 0 radical (unpaired) electrons. The van der Waals surface area contributed by atoms with Crippen LogP contribution in [0.2, 0.25) is 5.02 Å². The minimum absolute atomic E-state index is 0.193. The Balaban J connectivity index is 1.90. The van der Waals surface area contributed by atoms with Crippen molar-refractivity contribution >= 4 is 29.2 Å². The number of carbonyl (C=O) groups excluding carboxylic acids is 2. The van der Waals surface area contributed by atoms with Crippen molar-refractivity contribution in [2.45, 2.75) is 37.7 Å². The standard InChI is InChI=1S/C16H22ClN3O3/c1-20(9-8-16(23)6-2-3-7-16)15(22)19-11-4-5-12(14(18)21)13(17)10-11/h4-5,10,23H,2-3,6-9H2,1H3,(H2,18,21)(H,19,22). The Morgan fingerprint density at radius 3 is 2.61 bits per heavy atom. The molecule has 0 aliphatic heterocycles. The lowest BCUT2D eigenvalue weighted by molar-refractivity contribution is 0.0335. The van der Waals surface area contributed by atoms with Crippen molar-refractivity contribution in [3.05, 3.63) is 28.8 Å². The topological polar surface area (TPSA) is 95.7 Å². The second kappa shape index (κ2) is 7.19. The second-order valence-electron chi connectivity index (χ2n) is 6.09. The molecule has 0 aromatic heterocycles. The molecule has 126 valence electrons. The number of nitrogens with two attached hydrogens (primary N) is 1. The van der Waals surface area contributed by atoms with Crippen LogP contribution in [0.4, 0.5) is 10.5 Å². The van der Waals surface area contributed by atoms with Gasteiger partial charge in [-0.2, -0.15) is 0 Å². The van der Waals surface area contributed by atoms with E-state index >= 15 is 0 Å². The van der Waals surface area contributed by atoms with Crippen LogP contribution in [0.15, 0.2) is 18.2 Å². The van der Waals surface area contributed by atoms with Crippen molar-refractivity contribution < 1.29 is 14.7 Å². The summed E-state index contributed by atoms with van der Waals surface area (Å²) in [7, 11) is 1.67. The molecule has 1 aliphatic carbocycles. The van der Waals surface area contributed by atoms with Crippen molar-refractivity contribution in [1.82, 2.24) is 4.90 Å². The van der Waals surface area contributed by atoms with Crippen molar-refractivity contribution in [3.8, 4) is 0 Å². The van der Waals surface area contributed by atoms with Crippen LogP contribution in [0.5, 0.6) is 0 Å². The zero-order chi connectivity index (χ0) is 17.0. The SMILES string of the molecule is CN(CCC1(O)CCCC1)C(=O)Nc1ccc(C(N)=O)c(Cl)c1. The molecule has 7 heteroatoms. The number of nitrogens with one attached hydrogen (secondary N) is 1. The highest BCUT2D eigenvalue weighted by Crippen LogP contribution is 2.32. The van der Waals surface area contributed by atoms with Gasteiger partial charge in [0.25, 0.3) is 0 Å². The van der Waals surface area contributed by atoms with E-state index in [9.17, 15) is 14.7 Å². The molecule has 0 heterocycles. The molecule has 3 amide bonds. The van der Waals surface area contributed by atoms with Gasteiger partial charge < -0.3 is 21.1 Å². The van der Waals surface area contributed by atoms with Crippen molar-refractivity contribution in [3.63, 3.8) is 0 Å². The van der Waals surface area contributed by atoms with Gasteiger partial charge in [0.05, 0.1) is 16.2 Å². The molecule has 2 rings (SSSR count). The number of halogens is 1. The lowest BCUT2D eigenvalue weighted by Gasteiger charge is -2.26. The fourth-order valence-electron chi connectivity index (χ4n) is 2.77. The largest absolute Gasteiger partial charge is 0.390 e. The normalized spacial score (nSPS) is 16.1. The molecule has 0 spiro atoms. The van der Waals surface area contributed by atoms with Gasteiger partial charge in [0, 0.05) is 19.3 Å². The first-order valence-corrected chi connectivity index (χ1v) is 8.02. The van der Waals surface area contributed by atoms with Crippen molar-refractivity contribution in [2.24, 2.45) is 5.73 Å². The highest BCUT2D eigenvalue weighted by atomic mass is 35.5. The molecule has 4 N–H and O–H groups in total. The van der Waals surface area contributed by atoms with Crippen LogP contribution in [0, 0.1) is 0 Å². The molecule has 0 unspecified atom stereocenters. The van der Waals surface area contributed by atoms with E-state index in [-0.39, 0.29) is 16.6 Å². The molecule has 0 bridgehead atoms. The average Bonchev–Trinajstić information content (AvgIpc) is 2.91. The van der Waals surface area contributed by atoms with E-state index in [0.29, 0.717) is 18.7 Å². The Labute approximate surface area is 140 Å². The first-order chi connectivity index (χ1) is 10.8. The summed E-state index contributed by atoms with van der Waals surface area (Å²) in [4.78, 5) is 24.8. The summed E-state index contributed by atoms with van der Waals surface area (Å²) in [6.45, 7) is 0.468. The van der Waals surface area contributed by atoms with E-state index in [2.05, 4.69) is 5.32 Å². The number of amides is 3. The highest BCUT2D eigenvalue weighted by Gasteiger charge is 2.31. The summed E-state index contributed by atoms with van der Waals surface area (Å²) < 4.78 is 0. The molecule has 1 aromatic carbocycles. The van der Waals surface area contributed by atoms with Crippen LogP contribution in [0.1, 0.15) is 42.5 Å². The maximum atomic E-state index is 12.2. The number of hydrogen-bond donors (Lipinski definition) is 3. The fourth-order valence-corrected chi connectivity index (χ4v) is 3.05. The zero-order valence-corrected chi connectivity index (χ0v) is 13.9. The number of hydrogen-bond acceptors (Lipinski definition) is 3. The van der Waals surface area contributed by atoms with Gasteiger partial charge in [0.1, 0.15) is 0 Å². The maximum Gasteiger partial charge on any atom is 0.321 e. The molecule has 1 aliphatic rings. The minimum atomic E-state index is -0.638. The van der Waals surface area contributed by atoms with Gasteiger partial charge in [-0.25, -0.2) is 4.79 Å². The summed E-state index contributed by atoms with van der Waals surface area (Å²) in [5.41, 5.74) is 5.24. The van der Waals surface area contributed by atoms with E-state index in [1.807, 2.05) is 0 Å². The summed E-state index contributed by atoms with van der Waals surface area (Å²) in [6.07, 6.45) is 4.24. The summed E-state index contributed by atoms with van der Waals surface area (Å²) in [6, 6.07) is 4.23. The molecule has 0 saturated heterocycles. The molecule has 23 heavy (non-hydrogen) atoms. The summed E-state index contributed by atoms with van der Waals surface area (Å²) in [5.74, 6) is -0.616. The quantitative estimate of drug-likeness (QED) is 0.769. The monoisotopic (exact) mass is 339 g/mol. The third-order valence-electron chi connectivity index (χ3n) is 4.28. The molecular weight excluding hydrogens is 318 g/mol. The minimum Gasteiger partial charge on any atom is -0.390 e. The van der Waals surface area contributed by atoms with Crippen LogP contribution >= 0.6 is 11.6 Å². The molecule has 1 aromatic rings. The van der Waals surface area contributed by atoms with Gasteiger partial charge >= 0.3 is 6.03 Å². The third-order valence-corrected chi connectivity index (χ3v) is 4.59. The van der Waals surface area contributed by atoms with Gasteiger partial charge in [-0.1, -0.05) is 24.4 Å². The molecular formula is C16H22ClN3O3. The predicted molar refractivity (Wildman–Crippen MR) is 89.7 cm³/mol. The first-order valence-electron chi connectivity index (χ1n) is 7.65. The van der Waals surface area contributed by atoms with Gasteiger partial charge in [0.15, 0.2) is 0 Å². The lowest BCUT2D eigenvalue weighted by Crippen LogP contribution is -2.36. The van der Waals surface area contributed by atoms with Crippen LogP contribution in [0.3, 0.4) is 0 Å². The van der Waals surface area contributed by atoms with Gasteiger partial charge in [-0.15, -0.1) is 0 Å². The fraction of sp³-hybridized carbons (Fsp3) is 0.500. The zero-order valence-electron chi connectivity index (χ0n) is 13.1. The Bertz CT molecular complexity index is 600. The van der Waals surface area contributed by atoms with Crippen LogP contribution in [-0.4, -0.2) is 41.1 Å². The average molecular weight is 340 g/mol. The lowest BCUT2D eigenvalue weighted by atomic mass is 9.98. The number of carbonyl (C=O) groups is 2. The molecule has 1 fully saturated rings. The smallest absolute Gasteiger partial charge is 0.321 e. The van der Waals surface area contributed by atoms with E-state index in [1.165, 1.54) is 17.0 Å². The van der Waals surface area contributed by atoms with Crippen molar-refractivity contribution in [2.75, 3.05) is 18.9 Å². The number of benzene rings is 1. The van der Waals surface area contributed by atoms with Gasteiger partial charge in [-0.05, 0) is 37.5 Å². The summed E-state index contributed by atoms with van der Waals surface area (Å²) >= 11 is 5.95. The Kier molecular flexibility index (Phi) is 5.49. The third kappa shape index (κ3) is 4.59. The van der Waals surface area contributed by atoms with Crippen LogP contribution in [-0.2, 0) is 0 Å².